The lowest BCUT2D eigenvalue weighted by molar-refractivity contribution is 0.0550. The van der Waals surface area contributed by atoms with Gasteiger partial charge < -0.3 is 19.1 Å². The number of likely N-dealkylation sites (tertiary alicyclic amines) is 1. The number of fused-ring (bicyclic) bond motifs is 1. The molecule has 5 rings (SSSR count). The summed E-state index contributed by atoms with van der Waals surface area (Å²) in [6.45, 7) is 2.77. The third-order valence-electron chi connectivity index (χ3n) is 8.08. The fourth-order valence-corrected chi connectivity index (χ4v) is 6.01. The highest BCUT2D eigenvalue weighted by atomic mass is 16.6. The van der Waals surface area contributed by atoms with Crippen molar-refractivity contribution in [3.63, 3.8) is 0 Å². The molecule has 10 nitrogen and oxygen atoms in total. The van der Waals surface area contributed by atoms with E-state index in [4.69, 9.17) is 14.2 Å². The number of rotatable bonds is 10. The SMILES string of the molecule is CCOC(=O)N/N=C(/CN(C(=O)OCc1ccccc1)[C@H]1CC[C@@H]2CCN(C(=O)OCc3ccccc3)[C@@H]21)c1ccccc1. The van der Waals surface area contributed by atoms with Crippen LogP contribution in [0.5, 0.6) is 0 Å². The summed E-state index contributed by atoms with van der Waals surface area (Å²) in [4.78, 5) is 42.8. The number of benzene rings is 3. The highest BCUT2D eigenvalue weighted by molar-refractivity contribution is 6.03. The van der Waals surface area contributed by atoms with Gasteiger partial charge in [-0.25, -0.2) is 19.8 Å². The van der Waals surface area contributed by atoms with Crippen molar-refractivity contribution < 1.29 is 28.6 Å². The highest BCUT2D eigenvalue weighted by Crippen LogP contribution is 2.41. The second-order valence-electron chi connectivity index (χ2n) is 10.8. The maximum absolute atomic E-state index is 13.9. The van der Waals surface area contributed by atoms with E-state index in [0.29, 0.717) is 18.7 Å². The van der Waals surface area contributed by atoms with Gasteiger partial charge in [-0.05, 0) is 48.8 Å². The Morgan fingerprint density at radius 3 is 2.07 bits per heavy atom. The molecule has 0 radical (unpaired) electrons. The molecule has 0 unspecified atom stereocenters. The molecule has 1 aliphatic carbocycles. The normalized spacial score (nSPS) is 19.2. The molecular formula is C34H38N4O6. The van der Waals surface area contributed by atoms with E-state index in [1.165, 1.54) is 0 Å². The third kappa shape index (κ3) is 7.75. The molecule has 2 aliphatic rings. The molecule has 3 aromatic rings. The Hall–Kier alpha value is -4.86. The second kappa shape index (κ2) is 15.0. The number of ether oxygens (including phenoxy) is 3. The van der Waals surface area contributed by atoms with Crippen LogP contribution in [0.3, 0.4) is 0 Å². The Morgan fingerprint density at radius 2 is 1.43 bits per heavy atom. The number of hydrogen-bond acceptors (Lipinski definition) is 7. The van der Waals surface area contributed by atoms with Gasteiger partial charge in [0.1, 0.15) is 13.2 Å². The Morgan fingerprint density at radius 1 is 0.818 bits per heavy atom. The summed E-state index contributed by atoms with van der Waals surface area (Å²) in [5.41, 5.74) is 5.39. The topological polar surface area (TPSA) is 110 Å². The number of carbonyl (C=O) groups excluding carboxylic acids is 3. The lowest BCUT2D eigenvalue weighted by Gasteiger charge is -2.36. The first-order valence-electron chi connectivity index (χ1n) is 15.0. The maximum atomic E-state index is 13.9. The lowest BCUT2D eigenvalue weighted by atomic mass is 10.0. The third-order valence-corrected chi connectivity index (χ3v) is 8.08. The number of hydrazone groups is 1. The van der Waals surface area contributed by atoms with Crippen LogP contribution >= 0.6 is 0 Å². The van der Waals surface area contributed by atoms with Gasteiger partial charge in [0.25, 0.3) is 0 Å². The van der Waals surface area contributed by atoms with E-state index in [-0.39, 0.29) is 44.4 Å². The summed E-state index contributed by atoms with van der Waals surface area (Å²) >= 11 is 0. The van der Waals surface area contributed by atoms with Crippen molar-refractivity contribution in [3.8, 4) is 0 Å². The minimum atomic E-state index is -0.691. The summed E-state index contributed by atoms with van der Waals surface area (Å²) in [6.07, 6.45) is 0.766. The number of amides is 3. The molecule has 3 atom stereocenters. The van der Waals surface area contributed by atoms with E-state index in [9.17, 15) is 14.4 Å². The smallest absolute Gasteiger partial charge is 0.427 e. The Labute approximate surface area is 257 Å². The zero-order chi connectivity index (χ0) is 30.7. The molecule has 10 heteroatoms. The van der Waals surface area contributed by atoms with Gasteiger partial charge in [-0.15, -0.1) is 0 Å². The minimum absolute atomic E-state index is 0.0465. The molecule has 44 heavy (non-hydrogen) atoms. The average molecular weight is 599 g/mol. The number of nitrogens with one attached hydrogen (secondary N) is 1. The van der Waals surface area contributed by atoms with Crippen molar-refractivity contribution in [2.45, 2.75) is 51.5 Å². The largest absolute Gasteiger partial charge is 0.449 e. The quantitative estimate of drug-likeness (QED) is 0.175. The van der Waals surface area contributed by atoms with Crippen molar-refractivity contribution in [1.29, 1.82) is 0 Å². The van der Waals surface area contributed by atoms with E-state index in [2.05, 4.69) is 10.5 Å². The summed E-state index contributed by atoms with van der Waals surface area (Å²) < 4.78 is 16.6. The standard InChI is InChI=1S/C34H38N4O6/c1-2-42-32(39)36-35-29(27-16-10-5-11-17-27)22-38(34(41)44-24-26-14-8-4-9-15-26)30-19-18-28-20-21-37(31(28)30)33(40)43-23-25-12-6-3-7-13-25/h3-17,28,30-31H,2,18-24H2,1H3,(H,36,39)/b35-29-/t28-,30+,31+/m1/s1. The first-order chi connectivity index (χ1) is 21.5. The van der Waals surface area contributed by atoms with Crippen molar-refractivity contribution in [3.05, 3.63) is 108 Å². The molecule has 230 valence electrons. The molecule has 3 aromatic carbocycles. The summed E-state index contributed by atoms with van der Waals surface area (Å²) in [7, 11) is 0. The molecule has 0 spiro atoms. The fourth-order valence-electron chi connectivity index (χ4n) is 6.01. The van der Waals surface area contributed by atoms with Gasteiger partial charge in [-0.2, -0.15) is 5.10 Å². The molecule has 0 aromatic heterocycles. The molecule has 1 saturated carbocycles. The van der Waals surface area contributed by atoms with Gasteiger partial charge in [-0.1, -0.05) is 91.0 Å². The molecular weight excluding hydrogens is 560 g/mol. The second-order valence-corrected chi connectivity index (χ2v) is 10.8. The first kappa shape index (κ1) is 30.6. The Kier molecular flexibility index (Phi) is 10.5. The number of hydrogen-bond donors (Lipinski definition) is 1. The van der Waals surface area contributed by atoms with E-state index >= 15 is 0 Å². The fraction of sp³-hybridized carbons (Fsp3) is 0.353. The molecule has 1 heterocycles. The first-order valence-corrected chi connectivity index (χ1v) is 15.0. The van der Waals surface area contributed by atoms with Crippen LogP contribution in [0, 0.1) is 5.92 Å². The van der Waals surface area contributed by atoms with Crippen LogP contribution in [0.2, 0.25) is 0 Å². The van der Waals surface area contributed by atoms with Crippen LogP contribution in [0.4, 0.5) is 14.4 Å². The highest BCUT2D eigenvalue weighted by Gasteiger charge is 2.50. The average Bonchev–Trinajstić information content (AvgIpc) is 3.67. The van der Waals surface area contributed by atoms with Gasteiger partial charge in [-0.3, -0.25) is 4.90 Å². The molecule has 0 bridgehead atoms. The Balaban J connectivity index is 1.40. The van der Waals surface area contributed by atoms with Crippen molar-refractivity contribution in [1.82, 2.24) is 15.2 Å². The van der Waals surface area contributed by atoms with Crippen molar-refractivity contribution >= 4 is 24.0 Å². The molecule has 1 N–H and O–H groups in total. The predicted octanol–water partition coefficient (Wildman–Crippen LogP) is 5.97. The zero-order valence-corrected chi connectivity index (χ0v) is 24.8. The van der Waals surface area contributed by atoms with E-state index in [1.54, 1.807) is 16.7 Å². The monoisotopic (exact) mass is 598 g/mol. The van der Waals surface area contributed by atoms with Gasteiger partial charge in [0.05, 0.1) is 30.9 Å². The maximum Gasteiger partial charge on any atom is 0.427 e. The molecule has 1 saturated heterocycles. The van der Waals surface area contributed by atoms with Gasteiger partial charge >= 0.3 is 18.3 Å². The summed E-state index contributed by atoms with van der Waals surface area (Å²) in [6, 6.07) is 27.8. The van der Waals surface area contributed by atoms with Gasteiger partial charge in [0, 0.05) is 6.54 Å². The number of carbonyl (C=O) groups is 3. The van der Waals surface area contributed by atoms with Crippen LogP contribution in [-0.4, -0.2) is 65.6 Å². The van der Waals surface area contributed by atoms with Crippen LogP contribution in [0.25, 0.3) is 0 Å². The van der Waals surface area contributed by atoms with Gasteiger partial charge in [0.15, 0.2) is 0 Å². The van der Waals surface area contributed by atoms with Gasteiger partial charge in [0.2, 0.25) is 0 Å². The predicted molar refractivity (Wildman–Crippen MR) is 165 cm³/mol. The van der Waals surface area contributed by atoms with E-state index < -0.39 is 18.3 Å². The van der Waals surface area contributed by atoms with E-state index in [1.807, 2.05) is 91.0 Å². The van der Waals surface area contributed by atoms with E-state index in [0.717, 1.165) is 29.5 Å². The van der Waals surface area contributed by atoms with Crippen LogP contribution < -0.4 is 5.43 Å². The van der Waals surface area contributed by atoms with Crippen LogP contribution in [-0.2, 0) is 27.4 Å². The van der Waals surface area contributed by atoms with Crippen molar-refractivity contribution in [2.24, 2.45) is 11.0 Å². The number of nitrogens with zero attached hydrogens (tertiary/aromatic N) is 3. The van der Waals surface area contributed by atoms with Crippen LogP contribution in [0.15, 0.2) is 96.1 Å². The van der Waals surface area contributed by atoms with Crippen molar-refractivity contribution in [2.75, 3.05) is 19.7 Å². The van der Waals surface area contributed by atoms with Crippen LogP contribution in [0.1, 0.15) is 42.9 Å². The lowest BCUT2D eigenvalue weighted by Crippen LogP contribution is -2.53. The molecule has 3 amide bonds. The summed E-state index contributed by atoms with van der Waals surface area (Å²) in [5, 5.41) is 4.36. The minimum Gasteiger partial charge on any atom is -0.449 e. The molecule has 2 fully saturated rings. The Bertz CT molecular complexity index is 1420. The summed E-state index contributed by atoms with van der Waals surface area (Å²) in [5.74, 6) is 0.225. The zero-order valence-electron chi connectivity index (χ0n) is 24.8. The molecule has 1 aliphatic heterocycles.